The van der Waals surface area contributed by atoms with Crippen LogP contribution in [0, 0.1) is 0 Å². The standard InChI is InChI=1S/C26H19N3O4S/c1-2-23(30)29-26-28-20-12-11-18(14-22(20)34-26)27-24(31)16-9-7-15(8-10-16)19-13-17-5-3-4-6-21(17)33-25(19)32/h3-14H,2H2,1H3,(H,27,31)(H,28,29,30). The molecular weight excluding hydrogens is 450 g/mol. The molecule has 0 aliphatic heterocycles. The van der Waals surface area contributed by atoms with Crippen LogP contribution in [-0.2, 0) is 4.79 Å². The number of hydrogen-bond acceptors (Lipinski definition) is 6. The Kier molecular flexibility index (Phi) is 5.65. The molecule has 2 amide bonds. The van der Waals surface area contributed by atoms with Crippen LogP contribution in [0.4, 0.5) is 10.8 Å². The zero-order valence-corrected chi connectivity index (χ0v) is 18.9. The molecular formula is C26H19N3O4S. The Morgan fingerprint density at radius 2 is 1.76 bits per heavy atom. The summed E-state index contributed by atoms with van der Waals surface area (Å²) in [5.74, 6) is -0.377. The molecule has 8 heteroatoms. The lowest BCUT2D eigenvalue weighted by molar-refractivity contribution is -0.115. The summed E-state index contributed by atoms with van der Waals surface area (Å²) >= 11 is 1.35. The van der Waals surface area contributed by atoms with Crippen LogP contribution < -0.4 is 16.3 Å². The minimum absolute atomic E-state index is 0.0995. The van der Waals surface area contributed by atoms with Crippen molar-refractivity contribution in [3.8, 4) is 11.1 Å². The van der Waals surface area contributed by atoms with Crippen LogP contribution in [0.5, 0.6) is 0 Å². The number of carbonyl (C=O) groups excluding carboxylic acids is 2. The van der Waals surface area contributed by atoms with Crippen molar-refractivity contribution in [3.63, 3.8) is 0 Å². The van der Waals surface area contributed by atoms with E-state index in [1.54, 1.807) is 55.5 Å². The largest absolute Gasteiger partial charge is 0.422 e. The fraction of sp³-hybridized carbons (Fsp3) is 0.0769. The number of nitrogens with one attached hydrogen (secondary N) is 2. The molecule has 34 heavy (non-hydrogen) atoms. The van der Waals surface area contributed by atoms with Crippen molar-refractivity contribution in [2.24, 2.45) is 0 Å². The number of carbonyl (C=O) groups is 2. The molecule has 0 spiro atoms. The molecule has 3 aromatic carbocycles. The van der Waals surface area contributed by atoms with Crippen LogP contribution >= 0.6 is 11.3 Å². The van der Waals surface area contributed by atoms with Gasteiger partial charge in [0, 0.05) is 23.1 Å². The third kappa shape index (κ3) is 4.31. The van der Waals surface area contributed by atoms with Crippen LogP contribution in [0.2, 0.25) is 0 Å². The molecule has 0 aliphatic carbocycles. The third-order valence-electron chi connectivity index (χ3n) is 5.31. The van der Waals surface area contributed by atoms with Gasteiger partial charge in [-0.2, -0.15) is 0 Å². The molecule has 0 fully saturated rings. The molecule has 0 bridgehead atoms. The Bertz CT molecular complexity index is 1600. The maximum Gasteiger partial charge on any atom is 0.344 e. The van der Waals surface area contributed by atoms with Gasteiger partial charge in [-0.15, -0.1) is 0 Å². The van der Waals surface area contributed by atoms with Gasteiger partial charge in [0.05, 0.1) is 15.8 Å². The number of thiazole rings is 1. The highest BCUT2D eigenvalue weighted by Crippen LogP contribution is 2.29. The number of hydrogen-bond donors (Lipinski definition) is 2. The van der Waals surface area contributed by atoms with Crippen molar-refractivity contribution < 1.29 is 14.0 Å². The number of fused-ring (bicyclic) bond motifs is 2. The molecule has 2 aromatic heterocycles. The fourth-order valence-corrected chi connectivity index (χ4v) is 4.45. The van der Waals surface area contributed by atoms with Crippen molar-refractivity contribution in [1.82, 2.24) is 4.98 Å². The van der Waals surface area contributed by atoms with Gasteiger partial charge in [0.25, 0.3) is 5.91 Å². The normalized spacial score (nSPS) is 11.0. The van der Waals surface area contributed by atoms with Crippen LogP contribution in [0.15, 0.2) is 82.0 Å². The van der Waals surface area contributed by atoms with E-state index in [9.17, 15) is 14.4 Å². The molecule has 0 radical (unpaired) electrons. The van der Waals surface area contributed by atoms with Crippen molar-refractivity contribution >= 4 is 55.2 Å². The molecule has 5 rings (SSSR count). The molecule has 2 N–H and O–H groups in total. The van der Waals surface area contributed by atoms with Crippen molar-refractivity contribution in [1.29, 1.82) is 0 Å². The van der Waals surface area contributed by atoms with E-state index < -0.39 is 5.63 Å². The lowest BCUT2D eigenvalue weighted by atomic mass is 10.0. The Hall–Kier alpha value is -4.30. The Morgan fingerprint density at radius 1 is 0.971 bits per heavy atom. The van der Waals surface area contributed by atoms with Gasteiger partial charge in [-0.25, -0.2) is 9.78 Å². The predicted molar refractivity (Wildman–Crippen MR) is 134 cm³/mol. The van der Waals surface area contributed by atoms with E-state index in [1.165, 1.54) is 11.3 Å². The first-order valence-corrected chi connectivity index (χ1v) is 11.5. The van der Waals surface area contributed by atoms with Crippen molar-refractivity contribution in [3.05, 3.63) is 88.8 Å². The van der Waals surface area contributed by atoms with E-state index >= 15 is 0 Å². The van der Waals surface area contributed by atoms with Gasteiger partial charge in [0.15, 0.2) is 5.13 Å². The molecule has 0 unspecified atom stereocenters. The summed E-state index contributed by atoms with van der Waals surface area (Å²) in [6.07, 6.45) is 0.377. The Balaban J connectivity index is 1.34. The van der Waals surface area contributed by atoms with Gasteiger partial charge < -0.3 is 15.1 Å². The second-order valence-electron chi connectivity index (χ2n) is 7.62. The molecule has 7 nitrogen and oxygen atoms in total. The summed E-state index contributed by atoms with van der Waals surface area (Å²) in [4.78, 5) is 41.2. The summed E-state index contributed by atoms with van der Waals surface area (Å²) in [7, 11) is 0. The molecule has 168 valence electrons. The highest BCUT2D eigenvalue weighted by molar-refractivity contribution is 7.22. The smallest absolute Gasteiger partial charge is 0.344 e. The summed E-state index contributed by atoms with van der Waals surface area (Å²) < 4.78 is 6.26. The van der Waals surface area contributed by atoms with Crippen molar-refractivity contribution in [2.45, 2.75) is 13.3 Å². The van der Waals surface area contributed by atoms with Crippen LogP contribution in [0.3, 0.4) is 0 Å². The first-order chi connectivity index (χ1) is 16.5. The zero-order valence-electron chi connectivity index (χ0n) is 18.1. The summed E-state index contributed by atoms with van der Waals surface area (Å²) in [5.41, 5.74) is 3.03. The van der Waals surface area contributed by atoms with Gasteiger partial charge in [0.1, 0.15) is 5.58 Å². The monoisotopic (exact) mass is 469 g/mol. The highest BCUT2D eigenvalue weighted by Gasteiger charge is 2.12. The average molecular weight is 470 g/mol. The van der Waals surface area contributed by atoms with Gasteiger partial charge in [-0.05, 0) is 48.0 Å². The highest BCUT2D eigenvalue weighted by atomic mass is 32.1. The van der Waals surface area contributed by atoms with E-state index in [0.717, 1.165) is 15.6 Å². The van der Waals surface area contributed by atoms with Gasteiger partial charge in [-0.1, -0.05) is 48.6 Å². The zero-order chi connectivity index (χ0) is 23.7. The fourth-order valence-electron chi connectivity index (χ4n) is 3.53. The topological polar surface area (TPSA) is 101 Å². The molecule has 5 aromatic rings. The lowest BCUT2D eigenvalue weighted by Crippen LogP contribution is -2.11. The number of anilines is 2. The number of para-hydroxylation sites is 1. The third-order valence-corrected chi connectivity index (χ3v) is 6.25. The number of benzene rings is 3. The molecule has 0 saturated heterocycles. The lowest BCUT2D eigenvalue weighted by Gasteiger charge is -2.07. The molecule has 0 aliphatic rings. The SMILES string of the molecule is CCC(=O)Nc1nc2ccc(NC(=O)c3ccc(-c4cc5ccccc5oc4=O)cc3)cc2s1. The minimum Gasteiger partial charge on any atom is -0.422 e. The number of amides is 2. The molecule has 2 heterocycles. The van der Waals surface area contributed by atoms with Gasteiger partial charge in [0.2, 0.25) is 5.91 Å². The van der Waals surface area contributed by atoms with E-state index in [4.69, 9.17) is 4.42 Å². The predicted octanol–water partition coefficient (Wildman–Crippen LogP) is 5.67. The Labute approximate surface area is 198 Å². The van der Waals surface area contributed by atoms with Crippen LogP contribution in [-0.4, -0.2) is 16.8 Å². The van der Waals surface area contributed by atoms with E-state index in [0.29, 0.717) is 39.5 Å². The van der Waals surface area contributed by atoms with E-state index in [-0.39, 0.29) is 11.8 Å². The molecule has 0 saturated carbocycles. The van der Waals surface area contributed by atoms with Gasteiger partial charge in [-0.3, -0.25) is 9.59 Å². The van der Waals surface area contributed by atoms with Crippen LogP contribution in [0.25, 0.3) is 32.3 Å². The Morgan fingerprint density at radius 3 is 2.56 bits per heavy atom. The van der Waals surface area contributed by atoms with E-state index in [1.807, 2.05) is 24.3 Å². The summed E-state index contributed by atoms with van der Waals surface area (Å²) in [6, 6.07) is 21.3. The second-order valence-corrected chi connectivity index (χ2v) is 8.65. The van der Waals surface area contributed by atoms with Crippen molar-refractivity contribution in [2.75, 3.05) is 10.6 Å². The summed E-state index contributed by atoms with van der Waals surface area (Å²) in [6.45, 7) is 1.78. The van der Waals surface area contributed by atoms with Gasteiger partial charge >= 0.3 is 5.63 Å². The first-order valence-electron chi connectivity index (χ1n) is 10.7. The van der Waals surface area contributed by atoms with Crippen LogP contribution in [0.1, 0.15) is 23.7 Å². The maximum absolute atomic E-state index is 12.8. The van der Waals surface area contributed by atoms with E-state index in [2.05, 4.69) is 15.6 Å². The summed E-state index contributed by atoms with van der Waals surface area (Å²) in [5, 5.41) is 6.99. The molecule has 0 atom stereocenters. The number of nitrogens with zero attached hydrogens (tertiary/aromatic N) is 1. The second kappa shape index (κ2) is 8.92. The first kappa shape index (κ1) is 21.5. The minimum atomic E-state index is -0.428. The quantitative estimate of drug-likeness (QED) is 0.323. The number of aromatic nitrogens is 1. The maximum atomic E-state index is 12.8. The number of rotatable bonds is 5. The average Bonchev–Trinajstić information content (AvgIpc) is 3.25.